The number of rotatable bonds is 2. The number of benzene rings is 1. The summed E-state index contributed by atoms with van der Waals surface area (Å²) in [5.41, 5.74) is 7.34. The minimum absolute atomic E-state index is 0.317. The molecule has 1 atom stereocenters. The molecule has 1 aromatic carbocycles. The average Bonchev–Trinajstić information content (AvgIpc) is 2.95. The Balaban J connectivity index is 1.40. The molecule has 3 aliphatic rings. The van der Waals surface area contributed by atoms with Crippen LogP contribution in [0.4, 0.5) is 0 Å². The van der Waals surface area contributed by atoms with E-state index in [9.17, 15) is 4.79 Å². The Kier molecular flexibility index (Phi) is 6.78. The molecule has 6 heteroatoms. The Morgan fingerprint density at radius 2 is 1.79 bits per heavy atom. The summed E-state index contributed by atoms with van der Waals surface area (Å²) >= 11 is 12.6. The number of fused-ring (bicyclic) bond motifs is 2. The molecule has 2 aromatic rings. The maximum Gasteiger partial charge on any atom is 0.222 e. The molecule has 1 aromatic heterocycles. The molecule has 174 valence electrons. The predicted octanol–water partition coefficient (Wildman–Crippen LogP) is 5.64. The fourth-order valence-electron chi connectivity index (χ4n) is 5.76. The molecule has 1 amide bonds. The second-order valence-electron chi connectivity index (χ2n) is 9.80. The predicted molar refractivity (Wildman–Crippen MR) is 135 cm³/mol. The van der Waals surface area contributed by atoms with Crippen molar-refractivity contribution in [1.29, 1.82) is 0 Å². The van der Waals surface area contributed by atoms with Crippen molar-refractivity contribution in [2.75, 3.05) is 33.2 Å². The zero-order valence-electron chi connectivity index (χ0n) is 19.2. The first-order valence-electron chi connectivity index (χ1n) is 12.1. The molecule has 3 heterocycles. The third-order valence-corrected chi connectivity index (χ3v) is 7.87. The zero-order chi connectivity index (χ0) is 22.9. The summed E-state index contributed by atoms with van der Waals surface area (Å²) in [4.78, 5) is 22.3. The molecule has 1 unspecified atom stereocenters. The number of nitrogens with zero attached hydrogens (tertiary/aromatic N) is 3. The van der Waals surface area contributed by atoms with Gasteiger partial charge >= 0.3 is 0 Å². The quantitative estimate of drug-likeness (QED) is 0.553. The van der Waals surface area contributed by atoms with E-state index in [1.807, 2.05) is 6.07 Å². The van der Waals surface area contributed by atoms with Crippen molar-refractivity contribution in [3.05, 3.63) is 68.5 Å². The molecule has 0 spiro atoms. The number of aromatic nitrogens is 1. The van der Waals surface area contributed by atoms with Gasteiger partial charge in [0.05, 0.1) is 10.7 Å². The lowest BCUT2D eigenvalue weighted by atomic mass is 9.88. The fraction of sp³-hybridized carbons (Fsp3) is 0.481. The number of piperidine rings is 2. The summed E-state index contributed by atoms with van der Waals surface area (Å²) in [5.74, 6) is 0.813. The molecule has 0 radical (unpaired) electrons. The van der Waals surface area contributed by atoms with Gasteiger partial charge in [0.25, 0.3) is 0 Å². The minimum atomic E-state index is 0.317. The summed E-state index contributed by atoms with van der Waals surface area (Å²) in [6.45, 7) is 3.76. The topological polar surface area (TPSA) is 36.4 Å². The van der Waals surface area contributed by atoms with E-state index in [-0.39, 0.29) is 0 Å². The van der Waals surface area contributed by atoms with Crippen LogP contribution in [0.1, 0.15) is 54.5 Å². The van der Waals surface area contributed by atoms with Gasteiger partial charge in [-0.25, -0.2) is 0 Å². The van der Waals surface area contributed by atoms with Gasteiger partial charge < -0.3 is 9.80 Å². The Bertz CT molecular complexity index is 1030. The number of amides is 1. The van der Waals surface area contributed by atoms with Crippen LogP contribution in [0.25, 0.3) is 5.57 Å². The van der Waals surface area contributed by atoms with Crippen LogP contribution in [0.15, 0.2) is 36.0 Å². The van der Waals surface area contributed by atoms with Crippen LogP contribution in [0.2, 0.25) is 10.0 Å². The van der Waals surface area contributed by atoms with Crippen LogP contribution in [0, 0.1) is 5.92 Å². The van der Waals surface area contributed by atoms with Crippen molar-refractivity contribution in [2.24, 2.45) is 5.92 Å². The summed E-state index contributed by atoms with van der Waals surface area (Å²) in [5, 5.41) is 1.44. The number of carbonyl (C=O) groups is 1. The van der Waals surface area contributed by atoms with E-state index in [0.29, 0.717) is 23.3 Å². The maximum atomic E-state index is 13.0. The van der Waals surface area contributed by atoms with Crippen LogP contribution < -0.4 is 0 Å². The first-order valence-corrected chi connectivity index (χ1v) is 12.9. The number of aryl methyl sites for hydroxylation is 2. The van der Waals surface area contributed by atoms with E-state index in [4.69, 9.17) is 28.2 Å². The third kappa shape index (κ3) is 4.99. The summed E-state index contributed by atoms with van der Waals surface area (Å²) in [7, 11) is 2.16. The molecule has 0 bridgehead atoms. The van der Waals surface area contributed by atoms with Crippen molar-refractivity contribution in [2.45, 2.75) is 44.9 Å². The highest BCUT2D eigenvalue weighted by atomic mass is 35.5. The van der Waals surface area contributed by atoms with Crippen LogP contribution >= 0.6 is 23.2 Å². The highest BCUT2D eigenvalue weighted by molar-refractivity contribution is 6.31. The highest BCUT2D eigenvalue weighted by Crippen LogP contribution is 2.39. The van der Waals surface area contributed by atoms with E-state index < -0.39 is 0 Å². The van der Waals surface area contributed by atoms with Gasteiger partial charge in [-0.3, -0.25) is 9.78 Å². The van der Waals surface area contributed by atoms with E-state index in [2.05, 4.69) is 35.0 Å². The smallest absolute Gasteiger partial charge is 0.222 e. The minimum Gasteiger partial charge on any atom is -0.342 e. The standard InChI is InChI=1S/C27H31Cl2N3O/c1-31-10-2-3-18(17-31)13-25(33)32-11-8-19(9-12-32)26-24-7-6-22(28)14-20(24)4-5-21-15-23(29)16-30-27(21)26/h6-7,14-16,18H,2-5,8-13,17H2,1H3. The lowest BCUT2D eigenvalue weighted by Gasteiger charge is -2.34. The van der Waals surface area contributed by atoms with E-state index in [1.165, 1.54) is 40.7 Å². The van der Waals surface area contributed by atoms with Crippen molar-refractivity contribution in [3.63, 3.8) is 0 Å². The highest BCUT2D eigenvalue weighted by Gasteiger charge is 2.28. The molecule has 4 nitrogen and oxygen atoms in total. The van der Waals surface area contributed by atoms with Gasteiger partial charge in [-0.15, -0.1) is 0 Å². The molecule has 2 saturated heterocycles. The van der Waals surface area contributed by atoms with Gasteiger partial charge in [0, 0.05) is 42.8 Å². The van der Waals surface area contributed by atoms with Crippen LogP contribution in [0.3, 0.4) is 0 Å². The van der Waals surface area contributed by atoms with Crippen molar-refractivity contribution >= 4 is 34.7 Å². The van der Waals surface area contributed by atoms with Crippen LogP contribution in [0.5, 0.6) is 0 Å². The molecular formula is C27H31Cl2N3O. The summed E-state index contributed by atoms with van der Waals surface area (Å²) in [6, 6.07) is 8.26. The van der Waals surface area contributed by atoms with Crippen molar-refractivity contribution in [3.8, 4) is 0 Å². The molecular weight excluding hydrogens is 453 g/mol. The fourth-order valence-corrected chi connectivity index (χ4v) is 6.13. The maximum absolute atomic E-state index is 13.0. The SMILES string of the molecule is CN1CCCC(CC(=O)N2CCC(=C3c4ccc(Cl)cc4CCc4cc(Cl)cnc43)CC2)C1. The number of hydrogen-bond donors (Lipinski definition) is 0. The third-order valence-electron chi connectivity index (χ3n) is 7.43. The molecule has 0 saturated carbocycles. The number of likely N-dealkylation sites (tertiary alicyclic amines) is 2. The molecule has 1 aliphatic carbocycles. The molecule has 33 heavy (non-hydrogen) atoms. The molecule has 5 rings (SSSR count). The van der Waals surface area contributed by atoms with Gasteiger partial charge in [-0.1, -0.05) is 34.8 Å². The summed E-state index contributed by atoms with van der Waals surface area (Å²) in [6.07, 6.45) is 8.39. The Morgan fingerprint density at radius 1 is 1.03 bits per heavy atom. The lowest BCUT2D eigenvalue weighted by molar-refractivity contribution is -0.133. The Morgan fingerprint density at radius 3 is 2.58 bits per heavy atom. The van der Waals surface area contributed by atoms with E-state index in [1.54, 1.807) is 6.20 Å². The van der Waals surface area contributed by atoms with Gasteiger partial charge in [-0.05, 0) is 92.9 Å². The zero-order valence-corrected chi connectivity index (χ0v) is 20.8. The number of pyridine rings is 1. The van der Waals surface area contributed by atoms with Crippen LogP contribution in [-0.2, 0) is 17.6 Å². The number of hydrogen-bond acceptors (Lipinski definition) is 3. The lowest BCUT2D eigenvalue weighted by Crippen LogP contribution is -2.40. The Labute approximate surface area is 206 Å². The Hall–Kier alpha value is -1.88. The van der Waals surface area contributed by atoms with E-state index >= 15 is 0 Å². The molecule has 2 aliphatic heterocycles. The van der Waals surface area contributed by atoms with Gasteiger partial charge in [-0.2, -0.15) is 0 Å². The summed E-state index contributed by atoms with van der Waals surface area (Å²) < 4.78 is 0. The monoisotopic (exact) mass is 483 g/mol. The molecule has 0 N–H and O–H groups in total. The molecule has 2 fully saturated rings. The second kappa shape index (κ2) is 9.77. The first-order chi connectivity index (χ1) is 16.0. The van der Waals surface area contributed by atoms with Gasteiger partial charge in [0.2, 0.25) is 5.91 Å². The van der Waals surface area contributed by atoms with Crippen molar-refractivity contribution < 1.29 is 4.79 Å². The average molecular weight is 484 g/mol. The van der Waals surface area contributed by atoms with Crippen molar-refractivity contribution in [1.82, 2.24) is 14.8 Å². The second-order valence-corrected chi connectivity index (χ2v) is 10.7. The van der Waals surface area contributed by atoms with E-state index in [0.717, 1.165) is 62.6 Å². The number of carbonyl (C=O) groups excluding carboxylic acids is 1. The number of halogens is 2. The normalized spacial score (nSPS) is 21.4. The van der Waals surface area contributed by atoms with Gasteiger partial charge in [0.1, 0.15) is 0 Å². The first kappa shape index (κ1) is 22.9. The largest absolute Gasteiger partial charge is 0.342 e. The van der Waals surface area contributed by atoms with Crippen LogP contribution in [-0.4, -0.2) is 53.9 Å². The van der Waals surface area contributed by atoms with Gasteiger partial charge in [0.15, 0.2) is 0 Å².